The van der Waals surface area contributed by atoms with Crippen LogP contribution in [0.2, 0.25) is 0 Å². The van der Waals surface area contributed by atoms with Crippen LogP contribution in [0, 0.1) is 0 Å². The van der Waals surface area contributed by atoms with Crippen LogP contribution in [0.3, 0.4) is 0 Å². The minimum Gasteiger partial charge on any atom is -0.423 e. The second-order valence-corrected chi connectivity index (χ2v) is 7.80. The Bertz CT molecular complexity index is 391. The first-order chi connectivity index (χ1) is 7.34. The van der Waals surface area contributed by atoms with Crippen molar-refractivity contribution in [2.75, 3.05) is 0 Å². The highest BCUT2D eigenvalue weighted by Gasteiger charge is 2.48. The molecule has 1 fully saturated rings. The Balaban J connectivity index is 2.27. The first kappa shape index (κ1) is 12.4. The van der Waals surface area contributed by atoms with Gasteiger partial charge < -0.3 is 4.42 Å². The Kier molecular flexibility index (Phi) is 3.09. The van der Waals surface area contributed by atoms with Crippen LogP contribution in [0.5, 0.6) is 0 Å². The molecule has 0 bridgehead atoms. The number of nitrogens with zero attached hydrogens (tertiary/aromatic N) is 2. The molecule has 0 unspecified atom stereocenters. The van der Waals surface area contributed by atoms with E-state index >= 15 is 0 Å². The minimum atomic E-state index is 0.0389. The predicted octanol–water partition coefficient (Wildman–Crippen LogP) is 2.86. The van der Waals surface area contributed by atoms with Crippen molar-refractivity contribution in [1.82, 2.24) is 15.5 Å². The van der Waals surface area contributed by atoms with Gasteiger partial charge in [-0.05, 0) is 27.7 Å². The fourth-order valence-electron chi connectivity index (χ4n) is 2.06. The maximum atomic E-state index is 5.60. The standard InChI is InChI=1S/C10H16BrN3OS/c1-9(2)7(12-10(3,4)16-9)8-14-13-6(5-11)15-8/h7,12H,5H2,1-4H3/t7-/m0/s1. The SMILES string of the molecule is CC1(C)N[C@@H](c2nnc(CBr)o2)C(C)(C)S1. The fourth-order valence-corrected chi connectivity index (χ4v) is 4.06. The lowest BCUT2D eigenvalue weighted by Gasteiger charge is -2.22. The zero-order valence-electron chi connectivity index (χ0n) is 9.87. The van der Waals surface area contributed by atoms with Gasteiger partial charge in [-0.1, -0.05) is 15.9 Å². The molecule has 16 heavy (non-hydrogen) atoms. The van der Waals surface area contributed by atoms with E-state index in [2.05, 4.69) is 59.1 Å². The normalized spacial score (nSPS) is 27.2. The highest BCUT2D eigenvalue weighted by Crippen LogP contribution is 2.50. The Morgan fingerprint density at radius 1 is 1.38 bits per heavy atom. The highest BCUT2D eigenvalue weighted by atomic mass is 79.9. The van der Waals surface area contributed by atoms with Gasteiger partial charge in [0, 0.05) is 4.75 Å². The van der Waals surface area contributed by atoms with Crippen LogP contribution in [0.4, 0.5) is 0 Å². The number of rotatable bonds is 2. The number of hydrogen-bond acceptors (Lipinski definition) is 5. The lowest BCUT2D eigenvalue weighted by molar-refractivity contribution is 0.341. The van der Waals surface area contributed by atoms with Gasteiger partial charge in [0.2, 0.25) is 11.8 Å². The van der Waals surface area contributed by atoms with E-state index in [-0.39, 0.29) is 15.7 Å². The summed E-state index contributed by atoms with van der Waals surface area (Å²) in [6, 6.07) is 0.104. The maximum Gasteiger partial charge on any atom is 0.234 e. The highest BCUT2D eigenvalue weighted by molar-refractivity contribution is 9.08. The summed E-state index contributed by atoms with van der Waals surface area (Å²) in [4.78, 5) is 0.0389. The molecule has 6 heteroatoms. The molecule has 0 radical (unpaired) electrons. The molecule has 1 aliphatic heterocycles. The van der Waals surface area contributed by atoms with Crippen molar-refractivity contribution >= 4 is 27.7 Å². The Morgan fingerprint density at radius 2 is 2.06 bits per heavy atom. The Labute approximate surface area is 108 Å². The second kappa shape index (κ2) is 3.99. The smallest absolute Gasteiger partial charge is 0.234 e. The van der Waals surface area contributed by atoms with Gasteiger partial charge in [-0.2, -0.15) is 0 Å². The van der Waals surface area contributed by atoms with Crippen molar-refractivity contribution in [3.8, 4) is 0 Å². The summed E-state index contributed by atoms with van der Waals surface area (Å²) >= 11 is 5.20. The average Bonchev–Trinajstić information content (AvgIpc) is 2.67. The number of alkyl halides is 1. The quantitative estimate of drug-likeness (QED) is 0.852. The second-order valence-electron chi connectivity index (χ2n) is 4.96. The fraction of sp³-hybridized carbons (Fsp3) is 0.800. The molecule has 4 nitrogen and oxygen atoms in total. The third-order valence-corrected chi connectivity index (χ3v) is 4.42. The molecule has 1 saturated heterocycles. The summed E-state index contributed by atoms with van der Waals surface area (Å²) in [6.07, 6.45) is 0. The summed E-state index contributed by atoms with van der Waals surface area (Å²) in [5.41, 5.74) is 0. The molecule has 1 N–H and O–H groups in total. The van der Waals surface area contributed by atoms with Crippen molar-refractivity contribution in [2.45, 2.75) is 48.7 Å². The largest absolute Gasteiger partial charge is 0.423 e. The Hall–Kier alpha value is -0.0700. The van der Waals surface area contributed by atoms with Crippen LogP contribution in [0.1, 0.15) is 45.5 Å². The minimum absolute atomic E-state index is 0.0389. The summed E-state index contributed by atoms with van der Waals surface area (Å²) in [5.74, 6) is 1.31. The average molecular weight is 306 g/mol. The van der Waals surface area contributed by atoms with Gasteiger partial charge >= 0.3 is 0 Å². The molecule has 0 saturated carbocycles. The summed E-state index contributed by atoms with van der Waals surface area (Å²) in [7, 11) is 0. The van der Waals surface area contributed by atoms with E-state index in [0.29, 0.717) is 17.1 Å². The molecule has 90 valence electrons. The third kappa shape index (κ3) is 2.28. The maximum absolute atomic E-state index is 5.60. The van der Waals surface area contributed by atoms with E-state index in [1.807, 2.05) is 11.8 Å². The van der Waals surface area contributed by atoms with Gasteiger partial charge in [-0.15, -0.1) is 22.0 Å². The Morgan fingerprint density at radius 3 is 2.50 bits per heavy atom. The molecule has 1 atom stereocenters. The molecule has 0 amide bonds. The van der Waals surface area contributed by atoms with Crippen molar-refractivity contribution in [3.05, 3.63) is 11.8 Å². The summed E-state index contributed by atoms with van der Waals surface area (Å²) in [5, 5.41) is 12.2. The zero-order chi connectivity index (χ0) is 12.0. The van der Waals surface area contributed by atoms with Crippen molar-refractivity contribution in [1.29, 1.82) is 0 Å². The molecular weight excluding hydrogens is 290 g/mol. The van der Waals surface area contributed by atoms with E-state index in [0.717, 1.165) is 0 Å². The van der Waals surface area contributed by atoms with E-state index in [1.165, 1.54) is 0 Å². The van der Waals surface area contributed by atoms with Crippen molar-refractivity contribution < 1.29 is 4.42 Å². The number of thioether (sulfide) groups is 1. The molecule has 2 rings (SSSR count). The lowest BCUT2D eigenvalue weighted by Crippen LogP contribution is -2.34. The number of aromatic nitrogens is 2. The molecule has 1 aromatic rings. The number of hydrogen-bond donors (Lipinski definition) is 1. The third-order valence-electron chi connectivity index (χ3n) is 2.55. The van der Waals surface area contributed by atoms with E-state index in [1.54, 1.807) is 0 Å². The topological polar surface area (TPSA) is 51.0 Å². The van der Waals surface area contributed by atoms with Crippen LogP contribution in [0.25, 0.3) is 0 Å². The predicted molar refractivity (Wildman–Crippen MR) is 68.6 cm³/mol. The van der Waals surface area contributed by atoms with Crippen LogP contribution in [-0.4, -0.2) is 19.8 Å². The van der Waals surface area contributed by atoms with E-state index in [4.69, 9.17) is 4.42 Å². The monoisotopic (exact) mass is 305 g/mol. The van der Waals surface area contributed by atoms with Crippen LogP contribution in [0.15, 0.2) is 4.42 Å². The molecular formula is C10H16BrN3OS. The molecule has 0 aromatic carbocycles. The van der Waals surface area contributed by atoms with Gasteiger partial charge in [0.25, 0.3) is 0 Å². The van der Waals surface area contributed by atoms with Crippen molar-refractivity contribution in [2.24, 2.45) is 0 Å². The first-order valence-corrected chi connectivity index (χ1v) is 7.14. The molecule has 1 aliphatic rings. The van der Waals surface area contributed by atoms with Gasteiger partial charge in [0.1, 0.15) is 6.04 Å². The molecule has 2 heterocycles. The zero-order valence-corrected chi connectivity index (χ0v) is 12.3. The van der Waals surface area contributed by atoms with Gasteiger partial charge in [-0.3, -0.25) is 5.32 Å². The van der Waals surface area contributed by atoms with Crippen molar-refractivity contribution in [3.63, 3.8) is 0 Å². The van der Waals surface area contributed by atoms with Gasteiger partial charge in [0.05, 0.1) is 10.2 Å². The van der Waals surface area contributed by atoms with Gasteiger partial charge in [-0.25, -0.2) is 0 Å². The molecule has 0 aliphatic carbocycles. The van der Waals surface area contributed by atoms with Crippen LogP contribution in [-0.2, 0) is 5.33 Å². The summed E-state index contributed by atoms with van der Waals surface area (Å²) in [6.45, 7) is 8.73. The van der Waals surface area contributed by atoms with E-state index in [9.17, 15) is 0 Å². The van der Waals surface area contributed by atoms with E-state index < -0.39 is 0 Å². The first-order valence-electron chi connectivity index (χ1n) is 5.20. The van der Waals surface area contributed by atoms with Crippen LogP contribution >= 0.6 is 27.7 Å². The number of nitrogens with one attached hydrogen (secondary N) is 1. The molecule has 1 aromatic heterocycles. The van der Waals surface area contributed by atoms with Crippen LogP contribution < -0.4 is 5.32 Å². The summed E-state index contributed by atoms with van der Waals surface area (Å²) < 4.78 is 5.66. The number of halogens is 1. The lowest BCUT2D eigenvalue weighted by atomic mass is 10.0. The van der Waals surface area contributed by atoms with Gasteiger partial charge in [0.15, 0.2) is 0 Å². The molecule has 0 spiro atoms.